The van der Waals surface area contributed by atoms with E-state index >= 15 is 0 Å². The number of carbonyl (C=O) groups excluding carboxylic acids is 1. The number of amides is 1. The Labute approximate surface area is 147 Å². The van der Waals surface area contributed by atoms with Crippen LogP contribution in [0, 0.1) is 6.92 Å². The molecule has 2 heterocycles. The fourth-order valence-electron chi connectivity index (χ4n) is 3.61. The summed E-state index contributed by atoms with van der Waals surface area (Å²) in [5, 5.41) is 3.87. The van der Waals surface area contributed by atoms with Crippen LogP contribution >= 0.6 is 0 Å². The van der Waals surface area contributed by atoms with Crippen LogP contribution in [0.2, 0.25) is 0 Å². The van der Waals surface area contributed by atoms with Gasteiger partial charge in [0.05, 0.1) is 13.0 Å². The summed E-state index contributed by atoms with van der Waals surface area (Å²) in [5.41, 5.74) is 1.90. The summed E-state index contributed by atoms with van der Waals surface area (Å²) in [4.78, 5) is 19.2. The number of methoxy groups -OCH3 is 1. The van der Waals surface area contributed by atoms with Crippen molar-refractivity contribution >= 4 is 5.91 Å². The van der Waals surface area contributed by atoms with Crippen molar-refractivity contribution in [2.45, 2.75) is 44.4 Å². The second-order valence-corrected chi connectivity index (χ2v) is 7.00. The summed E-state index contributed by atoms with van der Waals surface area (Å²) in [5.74, 6) is 2.91. The van der Waals surface area contributed by atoms with Crippen molar-refractivity contribution in [1.82, 2.24) is 15.0 Å². The van der Waals surface area contributed by atoms with Crippen LogP contribution in [-0.4, -0.2) is 41.1 Å². The number of aromatic nitrogens is 2. The van der Waals surface area contributed by atoms with E-state index in [1.54, 1.807) is 7.11 Å². The number of carbonyl (C=O) groups is 1. The standard InChI is InChI=1S/C19H23N3O3/c1-12-20-18(25-21-12)15-4-3-9-22(11-15)19(23)14-7-8-17(24-2)16(10-14)13-5-6-13/h7-8,10,13,15H,3-6,9,11H2,1-2H3/t15-/m0/s1. The van der Waals surface area contributed by atoms with Crippen LogP contribution < -0.4 is 4.74 Å². The van der Waals surface area contributed by atoms with Crippen molar-refractivity contribution < 1.29 is 14.1 Å². The molecule has 0 spiro atoms. The van der Waals surface area contributed by atoms with Gasteiger partial charge in [-0.1, -0.05) is 5.16 Å². The van der Waals surface area contributed by atoms with Gasteiger partial charge in [-0.2, -0.15) is 4.98 Å². The molecule has 2 fully saturated rings. The molecule has 2 aliphatic rings. The third-order valence-electron chi connectivity index (χ3n) is 5.09. The normalized spacial score (nSPS) is 20.6. The molecule has 25 heavy (non-hydrogen) atoms. The quantitative estimate of drug-likeness (QED) is 0.853. The molecule has 6 nitrogen and oxygen atoms in total. The Morgan fingerprint density at radius 2 is 2.12 bits per heavy atom. The van der Waals surface area contributed by atoms with Gasteiger partial charge in [-0.25, -0.2) is 0 Å². The van der Waals surface area contributed by atoms with E-state index in [2.05, 4.69) is 10.1 Å². The van der Waals surface area contributed by atoms with Crippen LogP contribution in [0.15, 0.2) is 22.7 Å². The van der Waals surface area contributed by atoms with Gasteiger partial charge in [-0.05, 0) is 62.3 Å². The first-order valence-electron chi connectivity index (χ1n) is 8.93. The molecule has 1 aliphatic heterocycles. The lowest BCUT2D eigenvalue weighted by Gasteiger charge is -2.31. The van der Waals surface area contributed by atoms with Crippen LogP contribution in [0.4, 0.5) is 0 Å². The van der Waals surface area contributed by atoms with Crippen molar-refractivity contribution in [2.75, 3.05) is 20.2 Å². The Balaban J connectivity index is 1.53. The molecule has 1 aromatic carbocycles. The number of rotatable bonds is 4. The summed E-state index contributed by atoms with van der Waals surface area (Å²) < 4.78 is 10.8. The zero-order valence-corrected chi connectivity index (χ0v) is 14.7. The Morgan fingerprint density at radius 1 is 1.28 bits per heavy atom. The highest BCUT2D eigenvalue weighted by atomic mass is 16.5. The topological polar surface area (TPSA) is 68.5 Å². The highest BCUT2D eigenvalue weighted by molar-refractivity contribution is 5.94. The molecule has 1 aliphatic carbocycles. The Hall–Kier alpha value is -2.37. The number of aryl methyl sites for hydroxylation is 1. The molecule has 1 saturated heterocycles. The number of hydrogen-bond donors (Lipinski definition) is 0. The Kier molecular flexibility index (Phi) is 4.19. The van der Waals surface area contributed by atoms with E-state index in [0.717, 1.165) is 36.3 Å². The monoisotopic (exact) mass is 341 g/mol. The van der Waals surface area contributed by atoms with Gasteiger partial charge in [0, 0.05) is 18.7 Å². The van der Waals surface area contributed by atoms with E-state index in [4.69, 9.17) is 9.26 Å². The molecule has 6 heteroatoms. The molecule has 0 N–H and O–H groups in total. The zero-order valence-electron chi connectivity index (χ0n) is 14.7. The predicted molar refractivity (Wildman–Crippen MR) is 91.9 cm³/mol. The van der Waals surface area contributed by atoms with Gasteiger partial charge in [0.2, 0.25) is 5.89 Å². The zero-order chi connectivity index (χ0) is 17.4. The molecule has 1 atom stereocenters. The molecule has 0 bridgehead atoms. The van der Waals surface area contributed by atoms with E-state index in [1.807, 2.05) is 30.0 Å². The minimum atomic E-state index is 0.0745. The maximum atomic E-state index is 13.0. The fourth-order valence-corrected chi connectivity index (χ4v) is 3.61. The number of hydrogen-bond acceptors (Lipinski definition) is 5. The average Bonchev–Trinajstić information content (AvgIpc) is 3.41. The number of benzene rings is 1. The third kappa shape index (κ3) is 3.25. The van der Waals surface area contributed by atoms with Crippen LogP contribution in [0.1, 0.15) is 65.2 Å². The fraction of sp³-hybridized carbons (Fsp3) is 0.526. The van der Waals surface area contributed by atoms with Crippen LogP contribution in [-0.2, 0) is 0 Å². The molecule has 1 aromatic heterocycles. The largest absolute Gasteiger partial charge is 0.496 e. The van der Waals surface area contributed by atoms with E-state index in [-0.39, 0.29) is 11.8 Å². The molecular weight excluding hydrogens is 318 g/mol. The van der Waals surface area contributed by atoms with E-state index in [1.165, 1.54) is 12.8 Å². The highest BCUT2D eigenvalue weighted by Crippen LogP contribution is 2.44. The highest BCUT2D eigenvalue weighted by Gasteiger charge is 2.31. The molecule has 132 valence electrons. The van der Waals surface area contributed by atoms with Crippen LogP contribution in [0.5, 0.6) is 5.75 Å². The first-order valence-corrected chi connectivity index (χ1v) is 8.93. The lowest BCUT2D eigenvalue weighted by atomic mass is 9.96. The number of likely N-dealkylation sites (tertiary alicyclic amines) is 1. The van der Waals surface area contributed by atoms with Gasteiger partial charge in [0.25, 0.3) is 5.91 Å². The summed E-state index contributed by atoms with van der Waals surface area (Å²) in [7, 11) is 1.68. The Morgan fingerprint density at radius 3 is 2.80 bits per heavy atom. The first-order chi connectivity index (χ1) is 12.2. The average molecular weight is 341 g/mol. The predicted octanol–water partition coefficient (Wildman–Crippen LogP) is 3.28. The second kappa shape index (κ2) is 6.50. The maximum absolute atomic E-state index is 13.0. The van der Waals surface area contributed by atoms with E-state index in [9.17, 15) is 4.79 Å². The Bertz CT molecular complexity index is 782. The molecule has 0 radical (unpaired) electrons. The number of piperidine rings is 1. The van der Waals surface area contributed by atoms with Crippen molar-refractivity contribution in [3.63, 3.8) is 0 Å². The molecule has 1 saturated carbocycles. The van der Waals surface area contributed by atoms with Gasteiger partial charge in [-0.15, -0.1) is 0 Å². The first kappa shape index (κ1) is 16.1. The van der Waals surface area contributed by atoms with Gasteiger partial charge < -0.3 is 14.2 Å². The van der Waals surface area contributed by atoms with Gasteiger partial charge in [0.15, 0.2) is 5.82 Å². The minimum absolute atomic E-state index is 0.0745. The van der Waals surface area contributed by atoms with Crippen molar-refractivity contribution in [3.05, 3.63) is 41.0 Å². The lowest BCUT2D eigenvalue weighted by Crippen LogP contribution is -2.39. The smallest absolute Gasteiger partial charge is 0.253 e. The summed E-state index contributed by atoms with van der Waals surface area (Å²) in [6.45, 7) is 3.22. The summed E-state index contributed by atoms with van der Waals surface area (Å²) in [6, 6.07) is 5.80. The second-order valence-electron chi connectivity index (χ2n) is 7.00. The molecule has 2 aromatic rings. The van der Waals surface area contributed by atoms with Crippen molar-refractivity contribution in [1.29, 1.82) is 0 Å². The summed E-state index contributed by atoms with van der Waals surface area (Å²) in [6.07, 6.45) is 4.28. The molecule has 4 rings (SSSR count). The summed E-state index contributed by atoms with van der Waals surface area (Å²) >= 11 is 0. The maximum Gasteiger partial charge on any atom is 0.253 e. The minimum Gasteiger partial charge on any atom is -0.496 e. The van der Waals surface area contributed by atoms with Crippen LogP contribution in [0.25, 0.3) is 0 Å². The molecule has 1 amide bonds. The third-order valence-corrected chi connectivity index (χ3v) is 5.09. The van der Waals surface area contributed by atoms with Gasteiger partial charge in [-0.3, -0.25) is 4.79 Å². The lowest BCUT2D eigenvalue weighted by molar-refractivity contribution is 0.0695. The van der Waals surface area contributed by atoms with Gasteiger partial charge >= 0.3 is 0 Å². The SMILES string of the molecule is COc1ccc(C(=O)N2CCC[C@H](c3nc(C)no3)C2)cc1C1CC1. The van der Waals surface area contributed by atoms with Crippen molar-refractivity contribution in [3.8, 4) is 5.75 Å². The van der Waals surface area contributed by atoms with Crippen LogP contribution in [0.3, 0.4) is 0 Å². The van der Waals surface area contributed by atoms with Gasteiger partial charge in [0.1, 0.15) is 5.75 Å². The van der Waals surface area contributed by atoms with E-state index < -0.39 is 0 Å². The number of ether oxygens (including phenoxy) is 1. The number of nitrogens with zero attached hydrogens (tertiary/aromatic N) is 3. The van der Waals surface area contributed by atoms with Crippen molar-refractivity contribution in [2.24, 2.45) is 0 Å². The molecular formula is C19H23N3O3. The van der Waals surface area contributed by atoms with E-state index in [0.29, 0.717) is 24.2 Å². The molecule has 0 unspecified atom stereocenters.